The molecule has 0 unspecified atom stereocenters. The van der Waals surface area contributed by atoms with Gasteiger partial charge in [-0.25, -0.2) is 4.99 Å². The SMILES string of the molecule is CSC1=N[C@](C)(Nc2ccccc2-c2ccccc2)C(=O)N1. The Hall–Kier alpha value is -2.27. The summed E-state index contributed by atoms with van der Waals surface area (Å²) >= 11 is 1.43. The number of thioether (sulfide) groups is 1. The molecule has 1 heterocycles. The van der Waals surface area contributed by atoms with E-state index in [4.69, 9.17) is 0 Å². The molecule has 2 N–H and O–H groups in total. The van der Waals surface area contributed by atoms with Crippen LogP contribution >= 0.6 is 11.8 Å². The van der Waals surface area contributed by atoms with Gasteiger partial charge in [0.2, 0.25) is 5.66 Å². The summed E-state index contributed by atoms with van der Waals surface area (Å²) in [6, 6.07) is 18.0. The van der Waals surface area contributed by atoms with Crippen LogP contribution in [0.1, 0.15) is 6.92 Å². The Labute approximate surface area is 134 Å². The van der Waals surface area contributed by atoms with Crippen molar-refractivity contribution < 1.29 is 4.79 Å². The maximum absolute atomic E-state index is 12.2. The van der Waals surface area contributed by atoms with Gasteiger partial charge in [0.05, 0.1) is 0 Å². The fourth-order valence-corrected chi connectivity index (χ4v) is 2.87. The minimum absolute atomic E-state index is 0.139. The summed E-state index contributed by atoms with van der Waals surface area (Å²) < 4.78 is 0. The van der Waals surface area contributed by atoms with Crippen molar-refractivity contribution >= 4 is 28.5 Å². The summed E-state index contributed by atoms with van der Waals surface area (Å²) in [6.45, 7) is 1.79. The van der Waals surface area contributed by atoms with Gasteiger partial charge < -0.3 is 10.6 Å². The molecule has 2 aromatic rings. The molecule has 4 nitrogen and oxygen atoms in total. The molecule has 1 aliphatic heterocycles. The number of hydrogen-bond acceptors (Lipinski definition) is 4. The average Bonchev–Trinajstić information content (AvgIpc) is 2.83. The highest BCUT2D eigenvalue weighted by Gasteiger charge is 2.39. The number of anilines is 1. The minimum atomic E-state index is -0.983. The molecule has 5 heteroatoms. The third kappa shape index (κ3) is 2.72. The van der Waals surface area contributed by atoms with Crippen LogP contribution in [0, 0.1) is 0 Å². The second kappa shape index (κ2) is 5.85. The van der Waals surface area contributed by atoms with Crippen molar-refractivity contribution in [2.45, 2.75) is 12.6 Å². The number of benzene rings is 2. The summed E-state index contributed by atoms with van der Waals surface area (Å²) in [7, 11) is 0. The van der Waals surface area contributed by atoms with E-state index in [1.165, 1.54) is 11.8 Å². The molecule has 0 fully saturated rings. The topological polar surface area (TPSA) is 53.5 Å². The van der Waals surface area contributed by atoms with Crippen LogP contribution < -0.4 is 10.6 Å². The van der Waals surface area contributed by atoms with E-state index in [-0.39, 0.29) is 5.91 Å². The Morgan fingerprint density at radius 3 is 2.45 bits per heavy atom. The van der Waals surface area contributed by atoms with Crippen LogP contribution in [0.4, 0.5) is 5.69 Å². The van der Waals surface area contributed by atoms with Gasteiger partial charge in [-0.1, -0.05) is 60.3 Å². The predicted octanol–water partition coefficient (Wildman–Crippen LogP) is 3.33. The fraction of sp³-hybridized carbons (Fsp3) is 0.176. The number of hydrogen-bond donors (Lipinski definition) is 2. The number of amides is 1. The van der Waals surface area contributed by atoms with E-state index in [2.05, 4.69) is 15.6 Å². The molecule has 0 saturated carbocycles. The lowest BCUT2D eigenvalue weighted by Gasteiger charge is -2.23. The molecule has 2 aromatic carbocycles. The largest absolute Gasteiger partial charge is 0.353 e. The third-order valence-electron chi connectivity index (χ3n) is 3.57. The summed E-state index contributed by atoms with van der Waals surface area (Å²) in [5.41, 5.74) is 2.05. The molecule has 0 radical (unpaired) electrons. The average molecular weight is 311 g/mol. The monoisotopic (exact) mass is 311 g/mol. The van der Waals surface area contributed by atoms with Crippen LogP contribution in [0.25, 0.3) is 11.1 Å². The lowest BCUT2D eigenvalue weighted by Crippen LogP contribution is -2.43. The number of nitrogens with zero attached hydrogens (tertiary/aromatic N) is 1. The van der Waals surface area contributed by atoms with E-state index in [0.717, 1.165) is 16.8 Å². The van der Waals surface area contributed by atoms with E-state index < -0.39 is 5.66 Å². The van der Waals surface area contributed by atoms with Gasteiger partial charge in [-0.15, -0.1) is 0 Å². The molecular formula is C17H17N3OS. The zero-order valence-corrected chi connectivity index (χ0v) is 13.3. The number of amidine groups is 1. The van der Waals surface area contributed by atoms with Crippen LogP contribution in [0.2, 0.25) is 0 Å². The second-order valence-electron chi connectivity index (χ2n) is 5.18. The highest BCUT2D eigenvalue weighted by molar-refractivity contribution is 8.13. The molecule has 0 saturated heterocycles. The standard InChI is InChI=1S/C17H17N3OS/c1-17(15(21)18-16(20-17)22-2)19-14-11-7-6-10-13(14)12-8-4-3-5-9-12/h3-11,19H,1-2H3,(H,18,20,21)/t17-/m0/s1. The van der Waals surface area contributed by atoms with Gasteiger partial charge in [0, 0.05) is 11.3 Å². The fourth-order valence-electron chi connectivity index (χ4n) is 2.41. The second-order valence-corrected chi connectivity index (χ2v) is 5.98. The van der Waals surface area contributed by atoms with Crippen LogP contribution in [0.5, 0.6) is 0 Å². The normalized spacial score (nSPS) is 20.5. The van der Waals surface area contributed by atoms with E-state index in [0.29, 0.717) is 5.17 Å². The molecule has 0 bridgehead atoms. The van der Waals surface area contributed by atoms with Gasteiger partial charge >= 0.3 is 0 Å². The highest BCUT2D eigenvalue weighted by Crippen LogP contribution is 2.31. The van der Waals surface area contributed by atoms with Gasteiger partial charge in [-0.2, -0.15) is 0 Å². The van der Waals surface area contributed by atoms with Crippen LogP contribution in [-0.2, 0) is 4.79 Å². The summed E-state index contributed by atoms with van der Waals surface area (Å²) in [5.74, 6) is -0.139. The van der Waals surface area contributed by atoms with Gasteiger partial charge in [0.1, 0.15) is 0 Å². The molecule has 0 spiro atoms. The Morgan fingerprint density at radius 1 is 1.09 bits per heavy atom. The zero-order valence-electron chi connectivity index (χ0n) is 12.5. The maximum atomic E-state index is 12.2. The van der Waals surface area contributed by atoms with Gasteiger partial charge in [-0.3, -0.25) is 4.79 Å². The van der Waals surface area contributed by atoms with Gasteiger partial charge in [0.15, 0.2) is 5.17 Å². The molecule has 0 aliphatic carbocycles. The Kier molecular flexibility index (Phi) is 3.90. The molecule has 1 atom stereocenters. The molecule has 22 heavy (non-hydrogen) atoms. The quantitative estimate of drug-likeness (QED) is 0.914. The van der Waals surface area contributed by atoms with E-state index in [1.54, 1.807) is 6.92 Å². The molecule has 112 valence electrons. The minimum Gasteiger partial charge on any atom is -0.353 e. The molecule has 0 aromatic heterocycles. The number of para-hydroxylation sites is 1. The van der Waals surface area contributed by atoms with Crippen LogP contribution in [0.15, 0.2) is 59.6 Å². The van der Waals surface area contributed by atoms with Crippen LogP contribution in [0.3, 0.4) is 0 Å². The van der Waals surface area contributed by atoms with E-state index >= 15 is 0 Å². The number of rotatable bonds is 3. The molecule has 3 rings (SSSR count). The van der Waals surface area contributed by atoms with Gasteiger partial charge in [0.25, 0.3) is 5.91 Å². The van der Waals surface area contributed by atoms with E-state index in [9.17, 15) is 4.79 Å². The maximum Gasteiger partial charge on any atom is 0.274 e. The molecule has 1 amide bonds. The van der Waals surface area contributed by atoms with Crippen molar-refractivity contribution in [2.24, 2.45) is 4.99 Å². The third-order valence-corrected chi connectivity index (χ3v) is 4.15. The van der Waals surface area contributed by atoms with Crippen molar-refractivity contribution in [2.75, 3.05) is 11.6 Å². The number of carbonyl (C=O) groups excluding carboxylic acids is 1. The summed E-state index contributed by atoms with van der Waals surface area (Å²) in [5, 5.41) is 6.71. The molecule has 1 aliphatic rings. The first-order valence-corrected chi connectivity index (χ1v) is 8.23. The predicted molar refractivity (Wildman–Crippen MR) is 93.0 cm³/mol. The van der Waals surface area contributed by atoms with Crippen molar-refractivity contribution in [3.05, 3.63) is 54.6 Å². The van der Waals surface area contributed by atoms with E-state index in [1.807, 2.05) is 60.9 Å². The number of aliphatic imine (C=N–C) groups is 1. The molecular weight excluding hydrogens is 294 g/mol. The first-order valence-electron chi connectivity index (χ1n) is 7.00. The van der Waals surface area contributed by atoms with Crippen molar-refractivity contribution in [3.63, 3.8) is 0 Å². The van der Waals surface area contributed by atoms with Crippen molar-refractivity contribution in [1.29, 1.82) is 0 Å². The summed E-state index contributed by atoms with van der Waals surface area (Å²) in [4.78, 5) is 16.7. The van der Waals surface area contributed by atoms with Gasteiger partial charge in [-0.05, 0) is 24.8 Å². The first-order chi connectivity index (χ1) is 10.6. The Bertz CT molecular complexity index is 730. The van der Waals surface area contributed by atoms with Crippen LogP contribution in [-0.4, -0.2) is 23.0 Å². The first kappa shape index (κ1) is 14.7. The smallest absolute Gasteiger partial charge is 0.274 e. The lowest BCUT2D eigenvalue weighted by molar-refractivity contribution is -0.122. The van der Waals surface area contributed by atoms with Crippen molar-refractivity contribution in [3.8, 4) is 11.1 Å². The summed E-state index contributed by atoms with van der Waals surface area (Å²) in [6.07, 6.45) is 1.89. The van der Waals surface area contributed by atoms with Crippen molar-refractivity contribution in [1.82, 2.24) is 5.32 Å². The zero-order chi connectivity index (χ0) is 15.6. The number of carbonyl (C=O) groups is 1. The highest BCUT2D eigenvalue weighted by atomic mass is 32.2. The Balaban J connectivity index is 1.97. The number of nitrogens with one attached hydrogen (secondary N) is 2. The Morgan fingerprint density at radius 2 is 1.77 bits per heavy atom. The lowest BCUT2D eigenvalue weighted by atomic mass is 10.0.